The summed E-state index contributed by atoms with van der Waals surface area (Å²) in [6.45, 7) is 10.8. The molecule has 2 nitrogen and oxygen atoms in total. The first-order valence-electron chi connectivity index (χ1n) is 9.22. The summed E-state index contributed by atoms with van der Waals surface area (Å²) in [6.07, 6.45) is 3.43. The number of benzene rings is 2. The molecule has 0 saturated heterocycles. The molecule has 2 aromatic rings. The minimum absolute atomic E-state index is 0.0227. The highest BCUT2D eigenvalue weighted by Gasteiger charge is 2.43. The first-order chi connectivity index (χ1) is 12.1. The van der Waals surface area contributed by atoms with Crippen molar-refractivity contribution in [2.24, 2.45) is 0 Å². The van der Waals surface area contributed by atoms with Crippen molar-refractivity contribution in [1.82, 2.24) is 0 Å². The normalized spacial score (nSPS) is 21.2. The number of aldehydes is 1. The van der Waals surface area contributed by atoms with Gasteiger partial charge in [0, 0.05) is 11.0 Å². The first kappa shape index (κ1) is 18.6. The van der Waals surface area contributed by atoms with Crippen molar-refractivity contribution in [3.63, 3.8) is 0 Å². The van der Waals surface area contributed by atoms with Crippen molar-refractivity contribution in [3.05, 3.63) is 70.3 Å². The SMILES string of the molecule is C/C(=C\c1ccc(C=O)cc1)c1ccc2c(c1)C(C)(C)C(O)CC2(C)C. The van der Waals surface area contributed by atoms with Crippen LogP contribution >= 0.6 is 0 Å². The Balaban J connectivity index is 2.03. The molecular formula is C24H28O2. The van der Waals surface area contributed by atoms with Gasteiger partial charge in [-0.15, -0.1) is 0 Å². The van der Waals surface area contributed by atoms with E-state index in [0.717, 1.165) is 18.3 Å². The van der Waals surface area contributed by atoms with Gasteiger partial charge in [0.15, 0.2) is 0 Å². The third kappa shape index (κ3) is 3.26. The van der Waals surface area contributed by atoms with E-state index in [1.807, 2.05) is 24.3 Å². The second kappa shape index (κ2) is 6.51. The Hall–Kier alpha value is -2.19. The van der Waals surface area contributed by atoms with Crippen LogP contribution in [0.25, 0.3) is 11.6 Å². The van der Waals surface area contributed by atoms with E-state index in [0.29, 0.717) is 5.56 Å². The number of hydrogen-bond acceptors (Lipinski definition) is 2. The van der Waals surface area contributed by atoms with Gasteiger partial charge < -0.3 is 5.11 Å². The number of rotatable bonds is 3. The lowest BCUT2D eigenvalue weighted by molar-refractivity contribution is 0.0583. The average Bonchev–Trinajstić information content (AvgIpc) is 2.60. The monoisotopic (exact) mass is 348 g/mol. The van der Waals surface area contributed by atoms with Crippen LogP contribution in [0.2, 0.25) is 0 Å². The number of aliphatic hydroxyl groups excluding tert-OH is 1. The largest absolute Gasteiger partial charge is 0.392 e. The van der Waals surface area contributed by atoms with E-state index < -0.39 is 0 Å². The predicted molar refractivity (Wildman–Crippen MR) is 108 cm³/mol. The van der Waals surface area contributed by atoms with E-state index in [1.165, 1.54) is 22.3 Å². The minimum atomic E-state index is -0.347. The summed E-state index contributed by atoms with van der Waals surface area (Å²) in [5, 5.41) is 10.7. The summed E-state index contributed by atoms with van der Waals surface area (Å²) in [6, 6.07) is 14.2. The number of carbonyl (C=O) groups is 1. The quantitative estimate of drug-likeness (QED) is 0.597. The van der Waals surface area contributed by atoms with Gasteiger partial charge in [0.05, 0.1) is 6.10 Å². The van der Waals surface area contributed by atoms with Gasteiger partial charge in [-0.1, -0.05) is 76.2 Å². The smallest absolute Gasteiger partial charge is 0.150 e. The third-order valence-electron chi connectivity index (χ3n) is 5.89. The van der Waals surface area contributed by atoms with E-state index in [9.17, 15) is 9.90 Å². The van der Waals surface area contributed by atoms with E-state index in [4.69, 9.17) is 0 Å². The molecule has 26 heavy (non-hydrogen) atoms. The molecule has 2 heteroatoms. The maximum absolute atomic E-state index is 10.8. The first-order valence-corrected chi connectivity index (χ1v) is 9.22. The molecule has 1 atom stereocenters. The van der Waals surface area contributed by atoms with Crippen LogP contribution in [-0.4, -0.2) is 17.5 Å². The van der Waals surface area contributed by atoms with E-state index in [2.05, 4.69) is 58.9 Å². The van der Waals surface area contributed by atoms with Gasteiger partial charge in [0.25, 0.3) is 0 Å². The second-order valence-electron chi connectivity index (χ2n) is 8.70. The van der Waals surface area contributed by atoms with Gasteiger partial charge in [-0.3, -0.25) is 4.79 Å². The standard InChI is InChI=1S/C24H28O2/c1-16(12-17-6-8-18(15-25)9-7-17)19-10-11-20-21(13-19)24(4,5)22(26)14-23(20,2)3/h6-13,15,22,26H,14H2,1-5H3/b16-12+. The maximum Gasteiger partial charge on any atom is 0.150 e. The number of aliphatic hydroxyl groups is 1. The number of fused-ring (bicyclic) bond motifs is 1. The van der Waals surface area contributed by atoms with Gasteiger partial charge in [0.1, 0.15) is 6.29 Å². The lowest BCUT2D eigenvalue weighted by atomic mass is 9.61. The van der Waals surface area contributed by atoms with Gasteiger partial charge in [0.2, 0.25) is 0 Å². The zero-order valence-corrected chi connectivity index (χ0v) is 16.3. The van der Waals surface area contributed by atoms with E-state index in [-0.39, 0.29) is 16.9 Å². The number of carbonyl (C=O) groups excluding carboxylic acids is 1. The lowest BCUT2D eigenvalue weighted by Crippen LogP contribution is -2.45. The molecule has 0 bridgehead atoms. The molecule has 1 aliphatic carbocycles. The Morgan fingerprint density at radius 3 is 2.23 bits per heavy atom. The molecule has 0 spiro atoms. The van der Waals surface area contributed by atoms with Gasteiger partial charge in [-0.25, -0.2) is 0 Å². The fourth-order valence-corrected chi connectivity index (χ4v) is 3.94. The van der Waals surface area contributed by atoms with Crippen LogP contribution in [0.3, 0.4) is 0 Å². The topological polar surface area (TPSA) is 37.3 Å². The van der Waals surface area contributed by atoms with Crippen LogP contribution in [-0.2, 0) is 10.8 Å². The summed E-state index contributed by atoms with van der Waals surface area (Å²) in [5.41, 5.74) is 6.39. The molecule has 0 fully saturated rings. The van der Waals surface area contributed by atoms with Gasteiger partial charge in [-0.2, -0.15) is 0 Å². The Morgan fingerprint density at radius 2 is 1.62 bits per heavy atom. The van der Waals surface area contributed by atoms with Crippen molar-refractivity contribution >= 4 is 17.9 Å². The lowest BCUT2D eigenvalue weighted by Gasteiger charge is -2.45. The Morgan fingerprint density at radius 1 is 1.00 bits per heavy atom. The van der Waals surface area contributed by atoms with Crippen LogP contribution in [0, 0.1) is 0 Å². The molecule has 0 amide bonds. The highest BCUT2D eigenvalue weighted by atomic mass is 16.3. The Kier molecular flexibility index (Phi) is 4.66. The van der Waals surface area contributed by atoms with Crippen LogP contribution in [0.1, 0.15) is 73.7 Å². The van der Waals surface area contributed by atoms with Crippen molar-refractivity contribution in [1.29, 1.82) is 0 Å². The van der Waals surface area contributed by atoms with Crippen molar-refractivity contribution in [2.45, 2.75) is 58.0 Å². The van der Waals surface area contributed by atoms with Crippen molar-refractivity contribution in [3.8, 4) is 0 Å². The van der Waals surface area contributed by atoms with Gasteiger partial charge in [-0.05, 0) is 46.6 Å². The van der Waals surface area contributed by atoms with Crippen LogP contribution < -0.4 is 0 Å². The molecule has 1 unspecified atom stereocenters. The summed E-state index contributed by atoms with van der Waals surface area (Å²) < 4.78 is 0. The fourth-order valence-electron chi connectivity index (χ4n) is 3.94. The van der Waals surface area contributed by atoms with Crippen LogP contribution in [0.15, 0.2) is 42.5 Å². The number of allylic oxidation sites excluding steroid dienone is 1. The molecule has 0 aliphatic heterocycles. The summed E-state index contributed by atoms with van der Waals surface area (Å²) in [4.78, 5) is 10.8. The molecule has 0 heterocycles. The van der Waals surface area contributed by atoms with E-state index in [1.54, 1.807) is 0 Å². The fraction of sp³-hybridized carbons (Fsp3) is 0.375. The highest BCUT2D eigenvalue weighted by Crippen LogP contribution is 2.46. The van der Waals surface area contributed by atoms with Crippen LogP contribution in [0.4, 0.5) is 0 Å². The molecule has 1 N–H and O–H groups in total. The zero-order valence-electron chi connectivity index (χ0n) is 16.3. The Bertz CT molecular complexity index is 854. The van der Waals surface area contributed by atoms with E-state index >= 15 is 0 Å². The molecule has 136 valence electrons. The summed E-state index contributed by atoms with van der Waals surface area (Å²) in [7, 11) is 0. The van der Waals surface area contributed by atoms with Crippen LogP contribution in [0.5, 0.6) is 0 Å². The average molecular weight is 348 g/mol. The van der Waals surface area contributed by atoms with Crippen molar-refractivity contribution < 1.29 is 9.90 Å². The van der Waals surface area contributed by atoms with Gasteiger partial charge >= 0.3 is 0 Å². The van der Waals surface area contributed by atoms with Crippen molar-refractivity contribution in [2.75, 3.05) is 0 Å². The maximum atomic E-state index is 10.8. The third-order valence-corrected chi connectivity index (χ3v) is 5.89. The zero-order chi connectivity index (χ0) is 19.1. The highest BCUT2D eigenvalue weighted by molar-refractivity contribution is 5.82. The molecule has 1 aliphatic rings. The second-order valence-corrected chi connectivity index (χ2v) is 8.70. The molecule has 0 aromatic heterocycles. The number of hydrogen-bond donors (Lipinski definition) is 1. The molecule has 0 saturated carbocycles. The molecule has 3 rings (SSSR count). The molecular weight excluding hydrogens is 320 g/mol. The summed E-state index contributed by atoms with van der Waals surface area (Å²) >= 11 is 0. The summed E-state index contributed by atoms with van der Waals surface area (Å²) in [5.74, 6) is 0. The Labute approximate surface area is 156 Å². The molecule has 0 radical (unpaired) electrons. The minimum Gasteiger partial charge on any atom is -0.392 e. The molecule has 2 aromatic carbocycles. The predicted octanol–water partition coefficient (Wildman–Crippen LogP) is 5.38.